The topological polar surface area (TPSA) is 79.5 Å². The first-order chi connectivity index (χ1) is 12.3. The summed E-state index contributed by atoms with van der Waals surface area (Å²) < 4.78 is 18.3. The molecule has 6 nitrogen and oxygen atoms in total. The Morgan fingerprint density at radius 2 is 1.96 bits per heavy atom. The quantitative estimate of drug-likeness (QED) is 0.651. The zero-order chi connectivity index (χ0) is 19.3. The Balaban J connectivity index is 2.23. The lowest BCUT2D eigenvalue weighted by Gasteiger charge is -2.29. The monoisotopic (exact) mass is 363 g/mol. The Morgan fingerprint density at radius 3 is 2.54 bits per heavy atom. The second-order valence-corrected chi connectivity index (χ2v) is 6.59. The maximum atomic E-state index is 13.2. The molecule has 1 aromatic carbocycles. The molecule has 142 valence electrons. The molecule has 2 rings (SSSR count). The Kier molecular flexibility index (Phi) is 6.74. The van der Waals surface area contributed by atoms with Gasteiger partial charge in [0.2, 0.25) is 0 Å². The van der Waals surface area contributed by atoms with Gasteiger partial charge in [-0.3, -0.25) is 0 Å². The van der Waals surface area contributed by atoms with E-state index in [-0.39, 0.29) is 37.0 Å². The van der Waals surface area contributed by atoms with Gasteiger partial charge in [0, 0.05) is 18.3 Å². The Morgan fingerprint density at radius 1 is 1.31 bits per heavy atom. The molecule has 0 aliphatic carbocycles. The molecule has 0 radical (unpaired) electrons. The number of urea groups is 1. The lowest BCUT2D eigenvalue weighted by Crippen LogP contribution is -2.51. The number of nitrogens with one attached hydrogen (secondary N) is 3. The van der Waals surface area contributed by atoms with Gasteiger partial charge in [0.15, 0.2) is 0 Å². The average Bonchev–Trinajstić information content (AvgIpc) is 2.56. The van der Waals surface area contributed by atoms with E-state index in [2.05, 4.69) is 16.0 Å². The van der Waals surface area contributed by atoms with Gasteiger partial charge in [0.25, 0.3) is 0 Å². The van der Waals surface area contributed by atoms with E-state index in [0.29, 0.717) is 11.3 Å². The summed E-state index contributed by atoms with van der Waals surface area (Å²) in [5, 5.41) is 8.73. The minimum absolute atomic E-state index is 0.0614. The van der Waals surface area contributed by atoms with Crippen molar-refractivity contribution < 1.29 is 18.7 Å². The summed E-state index contributed by atoms with van der Waals surface area (Å²) in [6.45, 7) is 8.11. The molecule has 26 heavy (non-hydrogen) atoms. The van der Waals surface area contributed by atoms with Crippen molar-refractivity contribution in [1.29, 1.82) is 0 Å². The van der Waals surface area contributed by atoms with Crippen LogP contribution in [0.2, 0.25) is 0 Å². The molecule has 1 heterocycles. The molecule has 2 amide bonds. The van der Waals surface area contributed by atoms with Crippen LogP contribution in [0.3, 0.4) is 0 Å². The normalized spacial score (nSPS) is 18.4. The van der Waals surface area contributed by atoms with Gasteiger partial charge in [-0.15, -0.1) is 0 Å². The number of carbonyl (C=O) groups excluding carboxylic acids is 2. The molecule has 0 aromatic heterocycles. The summed E-state index contributed by atoms with van der Waals surface area (Å²) in [6, 6.07) is 5.45. The van der Waals surface area contributed by atoms with Crippen LogP contribution in [0.5, 0.6) is 0 Å². The third-order valence-corrected chi connectivity index (χ3v) is 4.26. The van der Waals surface area contributed by atoms with Crippen molar-refractivity contribution in [3.8, 4) is 0 Å². The Labute approximate surface area is 153 Å². The van der Waals surface area contributed by atoms with Crippen LogP contribution in [0, 0.1) is 11.7 Å². The number of carbonyl (C=O) groups is 2. The van der Waals surface area contributed by atoms with E-state index < -0.39 is 12.0 Å². The van der Waals surface area contributed by atoms with Gasteiger partial charge in [-0.1, -0.05) is 26.0 Å². The number of benzene rings is 1. The van der Waals surface area contributed by atoms with Crippen LogP contribution in [-0.2, 0) is 9.53 Å². The molecule has 0 bridgehead atoms. The first kappa shape index (κ1) is 19.9. The number of esters is 1. The van der Waals surface area contributed by atoms with Gasteiger partial charge in [0.05, 0.1) is 18.2 Å². The van der Waals surface area contributed by atoms with E-state index in [1.165, 1.54) is 12.1 Å². The van der Waals surface area contributed by atoms with Gasteiger partial charge in [-0.05, 0) is 37.5 Å². The van der Waals surface area contributed by atoms with E-state index in [0.717, 1.165) is 5.56 Å². The average molecular weight is 363 g/mol. The number of ether oxygens (including phenoxy) is 1. The predicted molar refractivity (Wildman–Crippen MR) is 96.8 cm³/mol. The summed E-state index contributed by atoms with van der Waals surface area (Å²) in [4.78, 5) is 24.1. The van der Waals surface area contributed by atoms with Crippen LogP contribution in [0.15, 0.2) is 35.5 Å². The fraction of sp³-hybridized carbons (Fsp3) is 0.474. The first-order valence-electron chi connectivity index (χ1n) is 8.80. The number of hydrogen-bond acceptors (Lipinski definition) is 4. The number of hydrogen-bond donors (Lipinski definition) is 3. The van der Waals surface area contributed by atoms with Gasteiger partial charge in [-0.2, -0.15) is 0 Å². The minimum Gasteiger partial charge on any atom is -0.463 e. The number of rotatable bonds is 7. The van der Waals surface area contributed by atoms with Crippen molar-refractivity contribution in [2.24, 2.45) is 5.92 Å². The van der Waals surface area contributed by atoms with Crippen molar-refractivity contribution in [3.05, 3.63) is 46.9 Å². The van der Waals surface area contributed by atoms with Crippen molar-refractivity contribution >= 4 is 12.0 Å². The molecule has 1 aliphatic rings. The molecule has 7 heteroatoms. The van der Waals surface area contributed by atoms with Crippen molar-refractivity contribution in [1.82, 2.24) is 16.0 Å². The molecular weight excluding hydrogens is 337 g/mol. The first-order valence-corrected chi connectivity index (χ1v) is 8.80. The van der Waals surface area contributed by atoms with Crippen molar-refractivity contribution in [2.75, 3.05) is 13.2 Å². The maximum Gasteiger partial charge on any atom is 0.337 e. The van der Waals surface area contributed by atoms with E-state index in [9.17, 15) is 14.0 Å². The summed E-state index contributed by atoms with van der Waals surface area (Å²) in [5.41, 5.74) is 1.83. The minimum atomic E-state index is -0.452. The summed E-state index contributed by atoms with van der Waals surface area (Å²) in [7, 11) is 0. The molecule has 1 aromatic rings. The Hall–Kier alpha value is -2.41. The van der Waals surface area contributed by atoms with Crippen LogP contribution >= 0.6 is 0 Å². The lowest BCUT2D eigenvalue weighted by molar-refractivity contribution is -0.139. The van der Waals surface area contributed by atoms with Crippen molar-refractivity contribution in [3.63, 3.8) is 0 Å². The SMILES string of the molecule is CCOC(=O)C1=C(CN[C@@H](c2ccc(F)cc2)C(C)C)NC(=O)N[C@H]1C. The van der Waals surface area contributed by atoms with Crippen molar-refractivity contribution in [2.45, 2.75) is 39.8 Å². The van der Waals surface area contributed by atoms with E-state index in [1.54, 1.807) is 26.0 Å². The molecule has 1 aliphatic heterocycles. The van der Waals surface area contributed by atoms with Crippen LogP contribution < -0.4 is 16.0 Å². The Bertz CT molecular complexity index is 686. The van der Waals surface area contributed by atoms with Gasteiger partial charge in [-0.25, -0.2) is 14.0 Å². The lowest BCUT2D eigenvalue weighted by atomic mass is 9.95. The summed E-state index contributed by atoms with van der Waals surface area (Å²) in [6.07, 6.45) is 0. The van der Waals surface area contributed by atoms with Crippen LogP contribution in [0.4, 0.5) is 9.18 Å². The second kappa shape index (κ2) is 8.80. The molecule has 0 saturated heterocycles. The highest BCUT2D eigenvalue weighted by molar-refractivity contribution is 5.94. The van der Waals surface area contributed by atoms with E-state index >= 15 is 0 Å². The van der Waals surface area contributed by atoms with Gasteiger partial charge >= 0.3 is 12.0 Å². The molecule has 0 saturated carbocycles. The third kappa shape index (κ3) is 4.82. The highest BCUT2D eigenvalue weighted by atomic mass is 19.1. The van der Waals surface area contributed by atoms with Crippen LogP contribution in [0.25, 0.3) is 0 Å². The zero-order valence-electron chi connectivity index (χ0n) is 15.6. The zero-order valence-corrected chi connectivity index (χ0v) is 15.6. The fourth-order valence-corrected chi connectivity index (χ4v) is 3.04. The smallest absolute Gasteiger partial charge is 0.337 e. The molecule has 2 atom stereocenters. The number of halogens is 1. The summed E-state index contributed by atoms with van der Waals surface area (Å²) in [5.74, 6) is -0.517. The highest BCUT2D eigenvalue weighted by Crippen LogP contribution is 2.23. The molecule has 0 spiro atoms. The van der Waals surface area contributed by atoms with E-state index in [4.69, 9.17) is 4.74 Å². The van der Waals surface area contributed by atoms with Gasteiger partial charge in [0.1, 0.15) is 5.82 Å². The highest BCUT2D eigenvalue weighted by Gasteiger charge is 2.30. The summed E-state index contributed by atoms with van der Waals surface area (Å²) >= 11 is 0. The predicted octanol–water partition coefficient (Wildman–Crippen LogP) is 2.63. The van der Waals surface area contributed by atoms with Crippen LogP contribution in [-0.4, -0.2) is 31.2 Å². The molecule has 0 unspecified atom stereocenters. The fourth-order valence-electron chi connectivity index (χ4n) is 3.04. The largest absolute Gasteiger partial charge is 0.463 e. The molecular formula is C19H26FN3O3. The third-order valence-electron chi connectivity index (χ3n) is 4.26. The van der Waals surface area contributed by atoms with Gasteiger partial charge < -0.3 is 20.7 Å². The second-order valence-electron chi connectivity index (χ2n) is 6.59. The molecule has 3 N–H and O–H groups in total. The maximum absolute atomic E-state index is 13.2. The van der Waals surface area contributed by atoms with E-state index in [1.807, 2.05) is 13.8 Å². The standard InChI is InChI=1S/C19H26FN3O3/c1-5-26-18(24)16-12(4)22-19(25)23-15(16)10-21-17(11(2)3)13-6-8-14(20)9-7-13/h6-9,11-12,17,21H,5,10H2,1-4H3,(H2,22,23,25)/t12-,17+/m0/s1. The molecule has 0 fully saturated rings. The van der Waals surface area contributed by atoms with Crippen LogP contribution in [0.1, 0.15) is 39.3 Å². The number of amides is 2.